The number of para-hydroxylation sites is 1. The number of rotatable bonds is 1. The summed E-state index contributed by atoms with van der Waals surface area (Å²) < 4.78 is 0. The largest absolute Gasteiger partial charge is 0.322 e. The summed E-state index contributed by atoms with van der Waals surface area (Å²) in [4.78, 5) is 13.9. The zero-order valence-electron chi connectivity index (χ0n) is 7.45. The molecule has 0 aliphatic carbocycles. The van der Waals surface area contributed by atoms with E-state index in [0.29, 0.717) is 0 Å². The summed E-state index contributed by atoms with van der Waals surface area (Å²) in [6, 6.07) is 11.0. The molecule has 0 aliphatic heterocycles. The van der Waals surface area contributed by atoms with Gasteiger partial charge in [-0.25, -0.2) is 0 Å². The van der Waals surface area contributed by atoms with E-state index in [-0.39, 0.29) is 12.0 Å². The second kappa shape index (κ2) is 3.35. The lowest BCUT2D eigenvalue weighted by atomic mass is 10.1. The van der Waals surface area contributed by atoms with Gasteiger partial charge in [-0.15, -0.1) is 0 Å². The Bertz CT molecular complexity index is 563. The monoisotopic (exact) mass is 184 g/mol. The van der Waals surface area contributed by atoms with Crippen molar-refractivity contribution >= 4 is 10.9 Å². The fourth-order valence-corrected chi connectivity index (χ4v) is 1.51. The predicted octanol–water partition coefficient (Wildman–Crippen LogP) is 1.59. The second-order valence-electron chi connectivity index (χ2n) is 3.04. The van der Waals surface area contributed by atoms with Crippen molar-refractivity contribution in [1.29, 1.82) is 5.26 Å². The Labute approximate surface area is 80.6 Å². The van der Waals surface area contributed by atoms with Crippen LogP contribution in [0.15, 0.2) is 35.1 Å². The van der Waals surface area contributed by atoms with E-state index in [4.69, 9.17) is 5.26 Å². The van der Waals surface area contributed by atoms with Gasteiger partial charge in [-0.3, -0.25) is 4.79 Å². The number of hydrogen-bond acceptors (Lipinski definition) is 2. The first kappa shape index (κ1) is 8.52. The summed E-state index contributed by atoms with van der Waals surface area (Å²) in [6.45, 7) is 0. The maximum Gasteiger partial charge on any atom is 0.248 e. The number of pyridine rings is 1. The molecule has 0 unspecified atom stereocenters. The van der Waals surface area contributed by atoms with Crippen molar-refractivity contribution in [3.05, 3.63) is 46.2 Å². The Morgan fingerprint density at radius 3 is 2.93 bits per heavy atom. The van der Waals surface area contributed by atoms with Crippen LogP contribution in [0, 0.1) is 11.3 Å². The highest BCUT2D eigenvalue weighted by atomic mass is 16.1. The van der Waals surface area contributed by atoms with Crippen molar-refractivity contribution in [3.8, 4) is 6.07 Å². The molecule has 2 rings (SSSR count). The lowest BCUT2D eigenvalue weighted by Gasteiger charge is -2.01. The van der Waals surface area contributed by atoms with Crippen LogP contribution in [0.1, 0.15) is 5.56 Å². The van der Waals surface area contributed by atoms with Gasteiger partial charge in [-0.2, -0.15) is 5.26 Å². The van der Waals surface area contributed by atoms with E-state index < -0.39 is 0 Å². The summed E-state index contributed by atoms with van der Waals surface area (Å²) in [7, 11) is 0. The molecule has 2 aromatic rings. The fraction of sp³-hybridized carbons (Fsp3) is 0.0909. The summed E-state index contributed by atoms with van der Waals surface area (Å²) in [5.74, 6) is 0. The Balaban J connectivity index is 2.81. The molecule has 1 N–H and O–H groups in total. The smallest absolute Gasteiger partial charge is 0.248 e. The van der Waals surface area contributed by atoms with Crippen LogP contribution in [0.3, 0.4) is 0 Å². The van der Waals surface area contributed by atoms with E-state index in [1.807, 2.05) is 24.3 Å². The van der Waals surface area contributed by atoms with E-state index in [0.717, 1.165) is 16.5 Å². The topological polar surface area (TPSA) is 56.6 Å². The van der Waals surface area contributed by atoms with Crippen molar-refractivity contribution < 1.29 is 0 Å². The van der Waals surface area contributed by atoms with Gasteiger partial charge >= 0.3 is 0 Å². The van der Waals surface area contributed by atoms with Crippen LogP contribution >= 0.6 is 0 Å². The number of benzene rings is 1. The summed E-state index contributed by atoms with van der Waals surface area (Å²) >= 11 is 0. The Kier molecular flexibility index (Phi) is 2.04. The van der Waals surface area contributed by atoms with Gasteiger partial charge < -0.3 is 4.98 Å². The van der Waals surface area contributed by atoms with Crippen LogP contribution in [0.2, 0.25) is 0 Å². The molecule has 0 bridgehead atoms. The minimum atomic E-state index is -0.158. The quantitative estimate of drug-likeness (QED) is 0.731. The number of fused-ring (bicyclic) bond motifs is 1. The average Bonchev–Trinajstić information content (AvgIpc) is 2.18. The summed E-state index contributed by atoms with van der Waals surface area (Å²) in [6.07, 6.45) is 0.268. The molecular weight excluding hydrogens is 176 g/mol. The van der Waals surface area contributed by atoms with E-state index in [2.05, 4.69) is 11.1 Å². The summed E-state index contributed by atoms with van der Waals surface area (Å²) in [5, 5.41) is 9.55. The zero-order valence-corrected chi connectivity index (χ0v) is 7.45. The lowest BCUT2D eigenvalue weighted by molar-refractivity contribution is 1.22. The van der Waals surface area contributed by atoms with Gasteiger partial charge in [0, 0.05) is 17.0 Å². The van der Waals surface area contributed by atoms with Crippen LogP contribution in [0.5, 0.6) is 0 Å². The van der Waals surface area contributed by atoms with Gasteiger partial charge in [0.05, 0.1) is 12.5 Å². The molecule has 0 atom stereocenters. The third kappa shape index (κ3) is 1.38. The first-order valence-corrected chi connectivity index (χ1v) is 4.29. The van der Waals surface area contributed by atoms with Crippen LogP contribution in [-0.2, 0) is 6.42 Å². The van der Waals surface area contributed by atoms with Gasteiger partial charge in [0.1, 0.15) is 0 Å². The van der Waals surface area contributed by atoms with Crippen LogP contribution in [0.25, 0.3) is 10.9 Å². The maximum atomic E-state index is 11.2. The lowest BCUT2D eigenvalue weighted by Crippen LogP contribution is -2.06. The molecule has 1 aromatic carbocycles. The molecule has 0 radical (unpaired) electrons. The SMILES string of the molecule is N#CCc1cc(=O)[nH]c2ccccc12. The fourth-order valence-electron chi connectivity index (χ4n) is 1.51. The first-order chi connectivity index (χ1) is 6.81. The molecule has 0 aliphatic rings. The summed E-state index contributed by atoms with van der Waals surface area (Å²) in [5.41, 5.74) is 1.41. The number of hydrogen-bond donors (Lipinski definition) is 1. The van der Waals surface area contributed by atoms with Crippen LogP contribution in [0.4, 0.5) is 0 Å². The van der Waals surface area contributed by atoms with Crippen molar-refractivity contribution in [2.75, 3.05) is 0 Å². The molecule has 0 amide bonds. The Hall–Kier alpha value is -2.08. The molecule has 0 fully saturated rings. The van der Waals surface area contributed by atoms with Crippen molar-refractivity contribution in [2.24, 2.45) is 0 Å². The minimum Gasteiger partial charge on any atom is -0.322 e. The van der Waals surface area contributed by atoms with Crippen LogP contribution in [-0.4, -0.2) is 4.98 Å². The third-order valence-corrected chi connectivity index (χ3v) is 2.11. The normalized spacial score (nSPS) is 9.93. The molecular formula is C11H8N2O. The zero-order chi connectivity index (χ0) is 9.97. The predicted molar refractivity (Wildman–Crippen MR) is 53.9 cm³/mol. The molecule has 68 valence electrons. The third-order valence-electron chi connectivity index (χ3n) is 2.11. The second-order valence-corrected chi connectivity index (χ2v) is 3.04. The molecule has 1 aromatic heterocycles. The van der Waals surface area contributed by atoms with Gasteiger partial charge in [0.2, 0.25) is 5.56 Å². The molecule has 0 saturated heterocycles. The van der Waals surface area contributed by atoms with Crippen molar-refractivity contribution in [1.82, 2.24) is 4.98 Å². The van der Waals surface area contributed by atoms with E-state index in [1.165, 1.54) is 6.07 Å². The highest BCUT2D eigenvalue weighted by Gasteiger charge is 2.01. The molecule has 0 spiro atoms. The Morgan fingerprint density at radius 2 is 2.14 bits per heavy atom. The number of nitrogens with one attached hydrogen (secondary N) is 1. The van der Waals surface area contributed by atoms with E-state index in [9.17, 15) is 4.79 Å². The van der Waals surface area contributed by atoms with Gasteiger partial charge in [0.15, 0.2) is 0 Å². The van der Waals surface area contributed by atoms with E-state index >= 15 is 0 Å². The number of aromatic nitrogens is 1. The van der Waals surface area contributed by atoms with Crippen molar-refractivity contribution in [2.45, 2.75) is 6.42 Å². The first-order valence-electron chi connectivity index (χ1n) is 4.29. The van der Waals surface area contributed by atoms with Gasteiger partial charge in [-0.05, 0) is 11.6 Å². The average molecular weight is 184 g/mol. The Morgan fingerprint density at radius 1 is 1.36 bits per heavy atom. The number of aromatic amines is 1. The van der Waals surface area contributed by atoms with Gasteiger partial charge in [0.25, 0.3) is 0 Å². The number of H-pyrrole nitrogens is 1. The molecule has 1 heterocycles. The van der Waals surface area contributed by atoms with Crippen molar-refractivity contribution in [3.63, 3.8) is 0 Å². The number of nitriles is 1. The number of nitrogens with zero attached hydrogens (tertiary/aromatic N) is 1. The maximum absolute atomic E-state index is 11.2. The minimum absolute atomic E-state index is 0.158. The molecule has 0 saturated carbocycles. The highest BCUT2D eigenvalue weighted by Crippen LogP contribution is 2.14. The molecule has 14 heavy (non-hydrogen) atoms. The van der Waals surface area contributed by atoms with Gasteiger partial charge in [-0.1, -0.05) is 18.2 Å². The molecule has 3 nitrogen and oxygen atoms in total. The standard InChI is InChI=1S/C11H8N2O/c12-6-5-8-7-11(14)13-10-4-2-1-3-9(8)10/h1-4,7H,5H2,(H,13,14). The highest BCUT2D eigenvalue weighted by molar-refractivity contribution is 5.81. The molecule has 3 heteroatoms. The van der Waals surface area contributed by atoms with E-state index in [1.54, 1.807) is 0 Å². The van der Waals surface area contributed by atoms with Crippen LogP contribution < -0.4 is 5.56 Å².